The van der Waals surface area contributed by atoms with E-state index in [2.05, 4.69) is 5.32 Å². The molecule has 5 nitrogen and oxygen atoms in total. The van der Waals surface area contributed by atoms with Gasteiger partial charge in [0.05, 0.1) is 5.02 Å². The van der Waals surface area contributed by atoms with Gasteiger partial charge in [0.15, 0.2) is 6.61 Å². The van der Waals surface area contributed by atoms with Crippen LogP contribution in [0.2, 0.25) is 5.02 Å². The van der Waals surface area contributed by atoms with Crippen molar-refractivity contribution in [1.29, 1.82) is 0 Å². The minimum Gasteiger partial charge on any atom is -0.482 e. The Hall–Kier alpha value is -3.38. The molecule has 0 bridgehead atoms. The number of benzene rings is 3. The molecule has 32 heavy (non-hydrogen) atoms. The van der Waals surface area contributed by atoms with Crippen molar-refractivity contribution < 1.29 is 18.7 Å². The second-order valence-electron chi connectivity index (χ2n) is 7.19. The van der Waals surface area contributed by atoms with E-state index in [1.54, 1.807) is 36.4 Å². The van der Waals surface area contributed by atoms with Gasteiger partial charge >= 0.3 is 0 Å². The molecule has 0 aliphatic heterocycles. The molecule has 3 aromatic carbocycles. The fourth-order valence-corrected chi connectivity index (χ4v) is 3.48. The van der Waals surface area contributed by atoms with Crippen LogP contribution in [0.1, 0.15) is 11.1 Å². The van der Waals surface area contributed by atoms with Gasteiger partial charge in [0.25, 0.3) is 5.91 Å². The van der Waals surface area contributed by atoms with Gasteiger partial charge in [0, 0.05) is 20.0 Å². The topological polar surface area (TPSA) is 58.6 Å². The Morgan fingerprint density at radius 3 is 2.28 bits per heavy atom. The van der Waals surface area contributed by atoms with Gasteiger partial charge in [-0.15, -0.1) is 0 Å². The van der Waals surface area contributed by atoms with Crippen molar-refractivity contribution in [3.05, 3.63) is 101 Å². The fourth-order valence-electron chi connectivity index (χ4n) is 3.29. The van der Waals surface area contributed by atoms with Gasteiger partial charge in [-0.05, 0) is 35.4 Å². The number of halogens is 2. The van der Waals surface area contributed by atoms with Crippen LogP contribution >= 0.6 is 11.6 Å². The second kappa shape index (κ2) is 11.3. The quantitative estimate of drug-likeness (QED) is 0.526. The highest BCUT2D eigenvalue weighted by Crippen LogP contribution is 2.23. The Kier molecular flexibility index (Phi) is 8.22. The van der Waals surface area contributed by atoms with E-state index in [0.29, 0.717) is 22.8 Å². The smallest absolute Gasteiger partial charge is 0.261 e. The van der Waals surface area contributed by atoms with Gasteiger partial charge in [-0.25, -0.2) is 4.39 Å². The number of amides is 2. The van der Waals surface area contributed by atoms with Crippen LogP contribution in [0.25, 0.3) is 0 Å². The zero-order chi connectivity index (χ0) is 22.9. The zero-order valence-electron chi connectivity index (χ0n) is 17.6. The number of likely N-dealkylation sites (N-methyl/N-ethyl adjacent to an activating group) is 1. The third-order valence-electron chi connectivity index (χ3n) is 4.97. The molecule has 0 heterocycles. The Bertz CT molecular complexity index is 1040. The van der Waals surface area contributed by atoms with Gasteiger partial charge in [-0.2, -0.15) is 0 Å². The number of nitrogens with zero attached hydrogens (tertiary/aromatic N) is 1. The first-order valence-corrected chi connectivity index (χ1v) is 10.5. The monoisotopic (exact) mass is 454 g/mol. The molecule has 0 saturated heterocycles. The van der Waals surface area contributed by atoms with Crippen LogP contribution in [0.4, 0.5) is 4.39 Å². The summed E-state index contributed by atoms with van der Waals surface area (Å²) in [4.78, 5) is 27.5. The summed E-state index contributed by atoms with van der Waals surface area (Å²) in [6, 6.07) is 21.3. The predicted molar refractivity (Wildman–Crippen MR) is 122 cm³/mol. The number of para-hydroxylation sites is 1. The summed E-state index contributed by atoms with van der Waals surface area (Å²) in [5.41, 5.74) is 1.60. The number of ether oxygens (including phenoxy) is 1. The Balaban J connectivity index is 1.87. The van der Waals surface area contributed by atoms with Crippen LogP contribution in [-0.2, 0) is 22.6 Å². The van der Waals surface area contributed by atoms with E-state index in [0.717, 1.165) is 5.56 Å². The summed E-state index contributed by atoms with van der Waals surface area (Å²) in [6.45, 7) is -0.177. The van der Waals surface area contributed by atoms with Crippen LogP contribution < -0.4 is 10.1 Å². The van der Waals surface area contributed by atoms with E-state index in [9.17, 15) is 14.0 Å². The zero-order valence-corrected chi connectivity index (χ0v) is 18.4. The van der Waals surface area contributed by atoms with E-state index in [1.165, 1.54) is 24.1 Å². The molecule has 0 radical (unpaired) electrons. The van der Waals surface area contributed by atoms with Crippen molar-refractivity contribution in [3.8, 4) is 5.75 Å². The van der Waals surface area contributed by atoms with Crippen LogP contribution in [0.3, 0.4) is 0 Å². The minimum absolute atomic E-state index is 0.121. The standard InChI is InChI=1S/C25H24ClFN2O3/c1-28-25(31)22(15-18-7-3-2-4-8-18)29(16-19-11-13-20(27)14-12-19)24(30)17-32-23-10-6-5-9-21(23)26/h2-14,22H,15-17H2,1H3,(H,28,31)/t22-/m0/s1. The number of carbonyl (C=O) groups excluding carboxylic acids is 2. The lowest BCUT2D eigenvalue weighted by Gasteiger charge is -2.31. The van der Waals surface area contributed by atoms with Crippen LogP contribution in [0.15, 0.2) is 78.9 Å². The van der Waals surface area contributed by atoms with Gasteiger partial charge in [-0.3, -0.25) is 9.59 Å². The summed E-state index contributed by atoms with van der Waals surface area (Å²) in [6.07, 6.45) is 0.319. The molecule has 3 aromatic rings. The molecular weight excluding hydrogens is 431 g/mol. The van der Waals surface area contributed by atoms with Crippen molar-refractivity contribution >= 4 is 23.4 Å². The molecule has 1 N–H and O–H groups in total. The Morgan fingerprint density at radius 2 is 1.62 bits per heavy atom. The molecule has 0 aromatic heterocycles. The number of rotatable bonds is 9. The van der Waals surface area contributed by atoms with Crippen molar-refractivity contribution in [3.63, 3.8) is 0 Å². The summed E-state index contributed by atoms with van der Waals surface area (Å²) >= 11 is 6.13. The third kappa shape index (κ3) is 6.31. The second-order valence-corrected chi connectivity index (χ2v) is 7.59. The number of hydrogen-bond acceptors (Lipinski definition) is 3. The number of carbonyl (C=O) groups is 2. The molecule has 0 aliphatic carbocycles. The minimum atomic E-state index is -0.783. The van der Waals surface area contributed by atoms with Crippen LogP contribution in [-0.4, -0.2) is 36.4 Å². The highest BCUT2D eigenvalue weighted by Gasteiger charge is 2.30. The van der Waals surface area contributed by atoms with Crippen molar-refractivity contribution in [2.24, 2.45) is 0 Å². The van der Waals surface area contributed by atoms with Crippen LogP contribution in [0, 0.1) is 5.82 Å². The molecule has 3 rings (SSSR count). The predicted octanol–water partition coefficient (Wildman–Crippen LogP) is 4.24. The maximum absolute atomic E-state index is 13.4. The van der Waals surface area contributed by atoms with Crippen molar-refractivity contribution in [2.45, 2.75) is 19.0 Å². The first-order valence-electron chi connectivity index (χ1n) is 10.1. The van der Waals surface area contributed by atoms with Crippen LogP contribution in [0.5, 0.6) is 5.75 Å². The van der Waals surface area contributed by atoms with Crippen molar-refractivity contribution in [2.75, 3.05) is 13.7 Å². The lowest BCUT2D eigenvalue weighted by Crippen LogP contribution is -2.51. The maximum Gasteiger partial charge on any atom is 0.261 e. The first-order chi connectivity index (χ1) is 15.5. The molecule has 2 amide bonds. The highest BCUT2D eigenvalue weighted by molar-refractivity contribution is 6.32. The Morgan fingerprint density at radius 1 is 0.969 bits per heavy atom. The lowest BCUT2D eigenvalue weighted by atomic mass is 10.0. The number of nitrogens with one attached hydrogen (secondary N) is 1. The molecule has 0 saturated carbocycles. The van der Waals surface area contributed by atoms with E-state index in [-0.39, 0.29) is 24.9 Å². The Labute approximate surface area is 191 Å². The van der Waals surface area contributed by atoms with Crippen molar-refractivity contribution in [1.82, 2.24) is 10.2 Å². The van der Waals surface area contributed by atoms with E-state index in [4.69, 9.17) is 16.3 Å². The molecule has 1 atom stereocenters. The first kappa shape index (κ1) is 23.3. The molecule has 0 aliphatic rings. The van der Waals surface area contributed by atoms with Gasteiger partial charge in [0.2, 0.25) is 5.91 Å². The molecule has 0 unspecified atom stereocenters. The lowest BCUT2D eigenvalue weighted by molar-refractivity contribution is -0.142. The fraction of sp³-hybridized carbons (Fsp3) is 0.200. The van der Waals surface area contributed by atoms with Gasteiger partial charge < -0.3 is 15.0 Å². The summed E-state index contributed by atoms with van der Waals surface area (Å²) in [5.74, 6) is -0.689. The normalized spacial score (nSPS) is 11.5. The average Bonchev–Trinajstić information content (AvgIpc) is 2.82. The molecule has 166 valence electrons. The summed E-state index contributed by atoms with van der Waals surface area (Å²) in [7, 11) is 1.53. The van der Waals surface area contributed by atoms with E-state index in [1.807, 2.05) is 30.3 Å². The molecule has 7 heteroatoms. The summed E-state index contributed by atoms with van der Waals surface area (Å²) < 4.78 is 19.0. The summed E-state index contributed by atoms with van der Waals surface area (Å²) in [5, 5.41) is 3.03. The molecule has 0 spiro atoms. The SMILES string of the molecule is CNC(=O)[C@H](Cc1ccccc1)N(Cc1ccc(F)cc1)C(=O)COc1ccccc1Cl. The third-order valence-corrected chi connectivity index (χ3v) is 5.28. The maximum atomic E-state index is 13.4. The number of hydrogen-bond donors (Lipinski definition) is 1. The van der Waals surface area contributed by atoms with Gasteiger partial charge in [-0.1, -0.05) is 66.2 Å². The average molecular weight is 455 g/mol. The van der Waals surface area contributed by atoms with E-state index >= 15 is 0 Å². The van der Waals surface area contributed by atoms with E-state index < -0.39 is 11.9 Å². The van der Waals surface area contributed by atoms with Gasteiger partial charge in [0.1, 0.15) is 17.6 Å². The molecule has 0 fully saturated rings. The molecular formula is C25H24ClFN2O3. The highest BCUT2D eigenvalue weighted by atomic mass is 35.5. The largest absolute Gasteiger partial charge is 0.482 e.